The first-order valence-corrected chi connectivity index (χ1v) is 24.4. The second-order valence-electron chi connectivity index (χ2n) is 22.3. The number of fused-ring (bicyclic) bond motifs is 4. The number of benzene rings is 3. The van der Waals surface area contributed by atoms with E-state index in [4.69, 9.17) is 19.5 Å². The van der Waals surface area contributed by atoms with Crippen molar-refractivity contribution in [3.63, 3.8) is 0 Å². The molecule has 6 aliphatic rings. The molecule has 4 amide bonds. The Balaban J connectivity index is 0.916. The van der Waals surface area contributed by atoms with Crippen molar-refractivity contribution in [1.82, 2.24) is 20.4 Å². The van der Waals surface area contributed by atoms with Gasteiger partial charge in [0.2, 0.25) is 11.8 Å². The number of nitrogens with zero attached hydrogens (tertiary/aromatic N) is 4. The lowest BCUT2D eigenvalue weighted by molar-refractivity contribution is -0.135. The normalized spacial score (nSPS) is 24.0. The number of carbonyl (C=O) groups is 4. The van der Waals surface area contributed by atoms with Crippen LogP contribution in [-0.4, -0.2) is 96.7 Å². The molecule has 1 saturated carbocycles. The highest BCUT2D eigenvalue weighted by Gasteiger charge is 2.48. The molecule has 12 heteroatoms. The molecule has 2 unspecified atom stereocenters. The van der Waals surface area contributed by atoms with Gasteiger partial charge in [0.05, 0.1) is 32.0 Å². The Hall–Kier alpha value is -5.78. The minimum atomic E-state index is -0.685. The van der Waals surface area contributed by atoms with Gasteiger partial charge >= 0.3 is 12.2 Å². The summed E-state index contributed by atoms with van der Waals surface area (Å²) in [6, 6.07) is 18.7. The summed E-state index contributed by atoms with van der Waals surface area (Å²) in [6.07, 6.45) is 7.31. The van der Waals surface area contributed by atoms with Crippen LogP contribution < -0.4 is 10.6 Å². The van der Waals surface area contributed by atoms with Gasteiger partial charge in [0, 0.05) is 43.6 Å². The molecule has 3 fully saturated rings. The first kappa shape index (κ1) is 46.3. The molecule has 0 spiro atoms. The molecule has 0 aromatic heterocycles. The van der Waals surface area contributed by atoms with Gasteiger partial charge in [-0.15, -0.1) is 0 Å². The van der Waals surface area contributed by atoms with Crippen LogP contribution in [-0.2, 0) is 31.9 Å². The molecule has 3 aromatic carbocycles. The summed E-state index contributed by atoms with van der Waals surface area (Å²) in [7, 11) is 2.64. The topological polar surface area (TPSA) is 142 Å². The molecule has 12 nitrogen and oxygen atoms in total. The van der Waals surface area contributed by atoms with Crippen molar-refractivity contribution in [1.29, 1.82) is 0 Å². The summed E-state index contributed by atoms with van der Waals surface area (Å²) in [4.78, 5) is 66.6. The van der Waals surface area contributed by atoms with Gasteiger partial charge in [-0.2, -0.15) is 0 Å². The number of carbonyl (C=O) groups excluding carboxylic acids is 4. The van der Waals surface area contributed by atoms with E-state index in [1.165, 1.54) is 66.0 Å². The summed E-state index contributed by atoms with van der Waals surface area (Å²) in [5, 5.41) is 5.56. The summed E-state index contributed by atoms with van der Waals surface area (Å²) >= 11 is 0. The molecule has 0 radical (unpaired) electrons. The lowest BCUT2D eigenvalue weighted by Crippen LogP contribution is -2.54. The summed E-state index contributed by atoms with van der Waals surface area (Å²) in [5.41, 5.74) is 14.3. The Morgan fingerprint density at radius 2 is 1.24 bits per heavy atom. The van der Waals surface area contributed by atoms with Crippen LogP contribution >= 0.6 is 0 Å². The van der Waals surface area contributed by atoms with E-state index in [2.05, 4.69) is 92.9 Å². The van der Waals surface area contributed by atoms with Crippen molar-refractivity contribution < 1.29 is 28.7 Å². The number of rotatable bonds is 11. The second kappa shape index (κ2) is 17.7. The zero-order valence-electron chi connectivity index (χ0n) is 41.0. The summed E-state index contributed by atoms with van der Waals surface area (Å²) in [5.74, 6) is 0.853. The van der Waals surface area contributed by atoms with Gasteiger partial charge < -0.3 is 29.9 Å². The second-order valence-corrected chi connectivity index (χ2v) is 22.3. The number of hydrogen-bond donors (Lipinski definition) is 2. The maximum atomic E-state index is 14.1. The van der Waals surface area contributed by atoms with E-state index in [1.54, 1.807) is 0 Å². The maximum Gasteiger partial charge on any atom is 0.407 e. The van der Waals surface area contributed by atoms with Crippen LogP contribution in [0, 0.1) is 28.6 Å². The van der Waals surface area contributed by atoms with Gasteiger partial charge in [-0.3, -0.25) is 19.6 Å². The lowest BCUT2D eigenvalue weighted by Gasteiger charge is -2.31. The number of aliphatic imine (C=N–C) groups is 2. The van der Waals surface area contributed by atoms with Crippen LogP contribution in [0.4, 0.5) is 15.3 Å². The maximum absolute atomic E-state index is 14.1. The quantitative estimate of drug-likeness (QED) is 0.196. The number of methoxy groups -OCH3 is 2. The van der Waals surface area contributed by atoms with Crippen molar-refractivity contribution in [3.05, 3.63) is 83.1 Å². The molecule has 4 heterocycles. The Morgan fingerprint density at radius 3 is 1.79 bits per heavy atom. The predicted octanol–water partition coefficient (Wildman–Crippen LogP) is 9.90. The van der Waals surface area contributed by atoms with Crippen LogP contribution in [0.2, 0.25) is 0 Å². The molecule has 4 aliphatic heterocycles. The highest BCUT2D eigenvalue weighted by atomic mass is 16.5. The molecule has 3 aromatic rings. The number of hydrogen-bond acceptors (Lipinski definition) is 8. The first-order valence-electron chi connectivity index (χ1n) is 24.4. The van der Waals surface area contributed by atoms with Crippen molar-refractivity contribution in [2.75, 3.05) is 27.3 Å². The minimum absolute atomic E-state index is 0.0864. The van der Waals surface area contributed by atoms with Crippen LogP contribution in [0.15, 0.2) is 70.8 Å². The monoisotopic (exact) mass is 909 g/mol. The number of likely N-dealkylation sites (tertiary alicyclic amines) is 2. The smallest absolute Gasteiger partial charge is 0.407 e. The Morgan fingerprint density at radius 1 is 0.687 bits per heavy atom. The average molecular weight is 909 g/mol. The number of allylic oxidation sites excluding steroid dienone is 1. The number of nitrogens with one attached hydrogen (secondary N) is 2. The molecule has 2 N–H and O–H groups in total. The molecule has 2 aliphatic carbocycles. The molecule has 67 heavy (non-hydrogen) atoms. The van der Waals surface area contributed by atoms with Gasteiger partial charge in [-0.25, -0.2) is 9.59 Å². The molecule has 6 atom stereocenters. The summed E-state index contributed by atoms with van der Waals surface area (Å²) in [6.45, 7) is 17.7. The lowest BCUT2D eigenvalue weighted by atomic mass is 9.73. The standard InChI is InChI=1S/C55H68N6O6/c1-30(2)48(58-52(64)66-9)50(62)60-28-54(5,6)25-45(60)43-24-37(27-56-43)32-11-13-33(14-12-32)39-19-18-38(41-22-35-15-17-40(35)47(39)41)34-16-20-42-36(21-34)23-44(57-42)46-26-55(7,8)29-61(46)51(63)49(31(3)4)59-53(65)67-10/h11-14,16,18-21,27,30-31,35,40,45-46,48-49H,15,17,22-26,28-29H2,1-10H3,(H,58,64)(H,59,65)/t35?,40?,45-,46-,48-,49-/m0/s1. The summed E-state index contributed by atoms with van der Waals surface area (Å²) < 4.78 is 9.73. The van der Waals surface area contributed by atoms with Gasteiger partial charge in [0.1, 0.15) is 12.1 Å². The zero-order chi connectivity index (χ0) is 47.7. The molecular formula is C55H68N6O6. The number of alkyl carbamates (subject to hydrolysis) is 2. The Bertz CT molecular complexity index is 2590. The van der Waals surface area contributed by atoms with E-state index < -0.39 is 24.3 Å². The number of amides is 4. The first-order chi connectivity index (χ1) is 31.8. The van der Waals surface area contributed by atoms with E-state index in [1.807, 2.05) is 43.7 Å². The van der Waals surface area contributed by atoms with E-state index >= 15 is 0 Å². The van der Waals surface area contributed by atoms with E-state index in [0.29, 0.717) is 37.8 Å². The largest absolute Gasteiger partial charge is 0.453 e. The highest BCUT2D eigenvalue weighted by Crippen LogP contribution is 2.56. The molecular weight excluding hydrogens is 841 g/mol. The van der Waals surface area contributed by atoms with Crippen LogP contribution in [0.25, 0.3) is 27.8 Å². The molecule has 9 rings (SSSR count). The Kier molecular flexibility index (Phi) is 12.2. The van der Waals surface area contributed by atoms with E-state index in [-0.39, 0.29) is 46.6 Å². The number of ether oxygens (including phenoxy) is 2. The predicted molar refractivity (Wildman–Crippen MR) is 263 cm³/mol. The fourth-order valence-corrected chi connectivity index (χ4v) is 11.9. The van der Waals surface area contributed by atoms with Crippen LogP contribution in [0.5, 0.6) is 0 Å². The van der Waals surface area contributed by atoms with E-state index in [9.17, 15) is 19.2 Å². The Labute approximate surface area is 396 Å². The van der Waals surface area contributed by atoms with Gasteiger partial charge in [-0.05, 0) is 129 Å². The van der Waals surface area contributed by atoms with E-state index in [0.717, 1.165) is 47.5 Å². The van der Waals surface area contributed by atoms with Crippen molar-refractivity contribution in [3.8, 4) is 22.3 Å². The fraction of sp³-hybridized carbons (Fsp3) is 0.527. The molecule has 2 saturated heterocycles. The van der Waals surface area contributed by atoms with Crippen molar-refractivity contribution in [2.24, 2.45) is 38.6 Å². The fourth-order valence-electron chi connectivity index (χ4n) is 11.9. The van der Waals surface area contributed by atoms with Crippen LogP contribution in [0.3, 0.4) is 0 Å². The minimum Gasteiger partial charge on any atom is -0.453 e. The molecule has 0 bridgehead atoms. The third-order valence-electron chi connectivity index (χ3n) is 15.5. The third kappa shape index (κ3) is 8.81. The molecule has 354 valence electrons. The SMILES string of the molecule is COC(=O)N[C@H](C(=O)N1CC(C)(C)C[C@H]1C1=NC=C(c2ccc(-c3ccc(-c4ccc5c(c4)CC([C@@H]4CC(C)(C)CN4C(=O)[C@@H](NC(=O)OC)C(C)C)=N5)c4c3C3CCC3C4)cc2)C1)C(C)C. The van der Waals surface area contributed by atoms with Gasteiger partial charge in [-0.1, -0.05) is 97.9 Å². The van der Waals surface area contributed by atoms with Crippen molar-refractivity contribution >= 4 is 46.7 Å². The van der Waals surface area contributed by atoms with Crippen LogP contribution in [0.1, 0.15) is 116 Å². The van der Waals surface area contributed by atoms with Gasteiger partial charge in [0.25, 0.3) is 0 Å². The average Bonchev–Trinajstić information content (AvgIpc) is 4.12. The van der Waals surface area contributed by atoms with Crippen molar-refractivity contribution in [2.45, 2.75) is 130 Å². The van der Waals surface area contributed by atoms with Gasteiger partial charge in [0.15, 0.2) is 0 Å². The third-order valence-corrected chi connectivity index (χ3v) is 15.5. The zero-order valence-corrected chi connectivity index (χ0v) is 41.0. The highest BCUT2D eigenvalue weighted by molar-refractivity contribution is 6.04.